The van der Waals surface area contributed by atoms with Crippen LogP contribution in [-0.4, -0.2) is 28.7 Å². The summed E-state index contributed by atoms with van der Waals surface area (Å²) in [6, 6.07) is 3.95. The summed E-state index contributed by atoms with van der Waals surface area (Å²) in [7, 11) is 5.69. The molecule has 0 amide bonds. The number of rotatable bonds is 5. The van der Waals surface area contributed by atoms with E-state index in [-0.39, 0.29) is 5.41 Å². The van der Waals surface area contributed by atoms with Gasteiger partial charge in [0.25, 0.3) is 0 Å². The van der Waals surface area contributed by atoms with Crippen LogP contribution in [0.4, 0.5) is 5.82 Å². The summed E-state index contributed by atoms with van der Waals surface area (Å²) in [6.45, 7) is 7.53. The molecule has 0 radical (unpaired) electrons. The van der Waals surface area contributed by atoms with Crippen molar-refractivity contribution in [2.75, 3.05) is 19.1 Å². The van der Waals surface area contributed by atoms with Gasteiger partial charge in [-0.1, -0.05) is 32.4 Å². The van der Waals surface area contributed by atoms with E-state index in [1.807, 2.05) is 37.0 Å². The lowest BCUT2D eigenvalue weighted by Gasteiger charge is -2.23. The number of anilines is 1. The molecule has 6 heteroatoms. The molecule has 0 aliphatic heterocycles. The van der Waals surface area contributed by atoms with Crippen molar-refractivity contribution in [1.82, 2.24) is 14.5 Å². The second-order valence-electron chi connectivity index (χ2n) is 6.84. The zero-order valence-electron chi connectivity index (χ0n) is 14.7. The maximum atomic E-state index is 6.07. The van der Waals surface area contributed by atoms with E-state index < -0.39 is 0 Å². The van der Waals surface area contributed by atoms with E-state index in [1.54, 1.807) is 7.11 Å². The van der Waals surface area contributed by atoms with E-state index in [0.29, 0.717) is 6.61 Å². The molecule has 0 bridgehead atoms. The Bertz CT molecular complexity index is 676. The van der Waals surface area contributed by atoms with Crippen molar-refractivity contribution in [1.29, 1.82) is 0 Å². The van der Waals surface area contributed by atoms with Crippen molar-refractivity contribution in [3.63, 3.8) is 0 Å². The van der Waals surface area contributed by atoms with Crippen LogP contribution in [0.15, 0.2) is 18.3 Å². The van der Waals surface area contributed by atoms with Crippen molar-refractivity contribution < 1.29 is 4.74 Å². The quantitative estimate of drug-likeness (QED) is 0.837. The van der Waals surface area contributed by atoms with E-state index in [1.165, 1.54) is 0 Å². The Morgan fingerprint density at radius 2 is 1.96 bits per heavy atom. The SMILES string of the molecule is COCc1cc(N(C)Cc2cc(Cl)cn2C)nc(C(C)(C)C)n1. The molecular weight excluding hydrogens is 312 g/mol. The Balaban J connectivity index is 2.33. The lowest BCUT2D eigenvalue weighted by Crippen LogP contribution is -2.23. The summed E-state index contributed by atoms with van der Waals surface area (Å²) in [6.07, 6.45) is 1.90. The largest absolute Gasteiger partial charge is 0.378 e. The summed E-state index contributed by atoms with van der Waals surface area (Å²) in [4.78, 5) is 11.5. The molecule has 0 unspecified atom stereocenters. The van der Waals surface area contributed by atoms with Gasteiger partial charge in [0.15, 0.2) is 0 Å². The maximum absolute atomic E-state index is 6.07. The van der Waals surface area contributed by atoms with Gasteiger partial charge in [0.1, 0.15) is 11.6 Å². The zero-order valence-corrected chi connectivity index (χ0v) is 15.5. The zero-order chi connectivity index (χ0) is 17.2. The number of nitrogens with zero attached hydrogens (tertiary/aromatic N) is 4. The van der Waals surface area contributed by atoms with Crippen LogP contribution in [0.25, 0.3) is 0 Å². The van der Waals surface area contributed by atoms with Crippen LogP contribution in [-0.2, 0) is 30.4 Å². The first-order valence-electron chi connectivity index (χ1n) is 7.60. The van der Waals surface area contributed by atoms with Gasteiger partial charge in [-0.05, 0) is 6.07 Å². The minimum absolute atomic E-state index is 0.117. The Kier molecular flexibility index (Phi) is 5.32. The number of ether oxygens (including phenoxy) is 1. The Morgan fingerprint density at radius 1 is 1.26 bits per heavy atom. The van der Waals surface area contributed by atoms with Gasteiger partial charge >= 0.3 is 0 Å². The number of methoxy groups -OCH3 is 1. The molecule has 0 saturated carbocycles. The molecule has 0 spiro atoms. The smallest absolute Gasteiger partial charge is 0.136 e. The van der Waals surface area contributed by atoms with Crippen LogP contribution < -0.4 is 4.90 Å². The van der Waals surface area contributed by atoms with Gasteiger partial charge in [0.05, 0.1) is 23.9 Å². The van der Waals surface area contributed by atoms with E-state index in [4.69, 9.17) is 21.3 Å². The minimum Gasteiger partial charge on any atom is -0.378 e. The molecular formula is C17H25ClN4O. The molecule has 2 rings (SSSR count). The van der Waals surface area contributed by atoms with Gasteiger partial charge in [-0.15, -0.1) is 0 Å². The summed E-state index contributed by atoms with van der Waals surface area (Å²) in [5, 5.41) is 0.744. The number of hydrogen-bond acceptors (Lipinski definition) is 4. The molecule has 126 valence electrons. The van der Waals surface area contributed by atoms with Crippen molar-refractivity contribution in [3.05, 3.63) is 40.6 Å². The van der Waals surface area contributed by atoms with Crippen molar-refractivity contribution in [3.8, 4) is 0 Å². The highest BCUT2D eigenvalue weighted by Gasteiger charge is 2.20. The topological polar surface area (TPSA) is 43.2 Å². The van der Waals surface area contributed by atoms with Crippen molar-refractivity contribution >= 4 is 17.4 Å². The normalized spacial score (nSPS) is 11.8. The summed E-state index contributed by atoms with van der Waals surface area (Å²) in [5.74, 6) is 1.70. The first kappa shape index (κ1) is 17.8. The second-order valence-corrected chi connectivity index (χ2v) is 7.28. The van der Waals surface area contributed by atoms with Crippen molar-refractivity contribution in [2.24, 2.45) is 7.05 Å². The van der Waals surface area contributed by atoms with Crippen LogP contribution in [0.2, 0.25) is 5.02 Å². The van der Waals surface area contributed by atoms with Crippen LogP contribution >= 0.6 is 11.6 Å². The van der Waals surface area contributed by atoms with Gasteiger partial charge < -0.3 is 14.2 Å². The fourth-order valence-electron chi connectivity index (χ4n) is 2.28. The molecule has 0 N–H and O–H groups in total. The number of hydrogen-bond donors (Lipinski definition) is 0. The van der Waals surface area contributed by atoms with Gasteiger partial charge in [-0.3, -0.25) is 0 Å². The number of aryl methyl sites for hydroxylation is 1. The third kappa shape index (κ3) is 4.45. The second kappa shape index (κ2) is 6.89. The third-order valence-electron chi connectivity index (χ3n) is 3.59. The molecule has 0 fully saturated rings. The van der Waals surface area contributed by atoms with E-state index in [2.05, 4.69) is 30.7 Å². The highest BCUT2D eigenvalue weighted by molar-refractivity contribution is 6.30. The van der Waals surface area contributed by atoms with Crippen molar-refractivity contribution in [2.45, 2.75) is 39.3 Å². The fraction of sp³-hybridized carbons (Fsp3) is 0.529. The molecule has 0 aliphatic carbocycles. The summed E-state index contributed by atoms with van der Waals surface area (Å²) >= 11 is 6.07. The molecule has 0 saturated heterocycles. The molecule has 2 heterocycles. The van der Waals surface area contributed by atoms with Gasteiger partial charge in [0.2, 0.25) is 0 Å². The standard InChI is InChI=1S/C17H25ClN4O/c1-17(2,3)16-19-13(11-23-6)8-15(20-16)22(5)10-14-7-12(18)9-21(14)4/h7-9H,10-11H2,1-6H3. The lowest BCUT2D eigenvalue weighted by atomic mass is 9.95. The van der Waals surface area contributed by atoms with Gasteiger partial charge in [-0.2, -0.15) is 0 Å². The van der Waals surface area contributed by atoms with E-state index >= 15 is 0 Å². The van der Waals surface area contributed by atoms with Gasteiger partial charge in [-0.25, -0.2) is 9.97 Å². The van der Waals surface area contributed by atoms with Crippen LogP contribution in [0, 0.1) is 0 Å². The molecule has 2 aromatic heterocycles. The number of halogens is 1. The van der Waals surface area contributed by atoms with E-state index in [9.17, 15) is 0 Å². The summed E-state index contributed by atoms with van der Waals surface area (Å²) < 4.78 is 7.27. The average molecular weight is 337 g/mol. The summed E-state index contributed by atoms with van der Waals surface area (Å²) in [5.41, 5.74) is 1.90. The van der Waals surface area contributed by atoms with Crippen LogP contribution in [0.5, 0.6) is 0 Å². The Hall–Kier alpha value is -1.59. The Morgan fingerprint density at radius 3 is 2.48 bits per heavy atom. The lowest BCUT2D eigenvalue weighted by molar-refractivity contribution is 0.181. The molecule has 23 heavy (non-hydrogen) atoms. The van der Waals surface area contributed by atoms with E-state index in [0.717, 1.165) is 34.6 Å². The first-order valence-corrected chi connectivity index (χ1v) is 7.97. The molecule has 5 nitrogen and oxygen atoms in total. The maximum Gasteiger partial charge on any atom is 0.136 e. The predicted octanol–water partition coefficient (Wildman–Crippen LogP) is 3.55. The molecule has 0 aromatic carbocycles. The molecule has 0 atom stereocenters. The third-order valence-corrected chi connectivity index (χ3v) is 3.80. The minimum atomic E-state index is -0.117. The van der Waals surface area contributed by atoms with Crippen LogP contribution in [0.3, 0.4) is 0 Å². The molecule has 2 aromatic rings. The van der Waals surface area contributed by atoms with Gasteiger partial charge in [0, 0.05) is 44.6 Å². The monoisotopic (exact) mass is 336 g/mol. The predicted molar refractivity (Wildman–Crippen MR) is 94.0 cm³/mol. The highest BCUT2D eigenvalue weighted by Crippen LogP contribution is 2.23. The fourth-order valence-corrected chi connectivity index (χ4v) is 2.56. The molecule has 0 aliphatic rings. The highest BCUT2D eigenvalue weighted by atomic mass is 35.5. The Labute approximate surface area is 143 Å². The number of aromatic nitrogens is 3. The van der Waals surface area contributed by atoms with Crippen LogP contribution in [0.1, 0.15) is 38.0 Å². The first-order chi connectivity index (χ1) is 10.7. The average Bonchev–Trinajstić information content (AvgIpc) is 2.76.